The third-order valence-electron chi connectivity index (χ3n) is 2.23. The molecule has 0 aliphatic carbocycles. The van der Waals surface area contributed by atoms with E-state index in [1.165, 1.54) is 0 Å². The fourth-order valence-electron chi connectivity index (χ4n) is 1.10. The number of rotatable bonds is 1. The zero-order valence-electron chi connectivity index (χ0n) is 10.2. The van der Waals surface area contributed by atoms with Gasteiger partial charge in [0.15, 0.2) is 0 Å². The van der Waals surface area contributed by atoms with Crippen molar-refractivity contribution < 1.29 is 22.4 Å². The molecule has 1 aromatic rings. The van der Waals surface area contributed by atoms with Gasteiger partial charge in [-0.3, -0.25) is 4.79 Å². The van der Waals surface area contributed by atoms with E-state index in [0.717, 1.165) is 12.1 Å². The quantitative estimate of drug-likeness (QED) is 0.766. The van der Waals surface area contributed by atoms with E-state index < -0.39 is 28.9 Å². The van der Waals surface area contributed by atoms with E-state index in [-0.39, 0.29) is 5.69 Å². The number of amides is 1. The second kappa shape index (κ2) is 4.59. The second-order valence-corrected chi connectivity index (χ2v) is 4.90. The van der Waals surface area contributed by atoms with Gasteiger partial charge in [-0.1, -0.05) is 20.8 Å². The number of hydrogen-bond acceptors (Lipinski definition) is 1. The van der Waals surface area contributed by atoms with Gasteiger partial charge in [0.25, 0.3) is 0 Å². The molecule has 0 saturated heterocycles. The normalized spacial score (nSPS) is 12.4. The molecule has 1 N–H and O–H groups in total. The minimum Gasteiger partial charge on any atom is -0.323 e. The van der Waals surface area contributed by atoms with Gasteiger partial charge in [-0.15, -0.1) is 0 Å². The fourth-order valence-corrected chi connectivity index (χ4v) is 1.10. The number of alkyl halides is 3. The first-order valence-electron chi connectivity index (χ1n) is 5.20. The Kier molecular flexibility index (Phi) is 3.69. The van der Waals surface area contributed by atoms with Crippen molar-refractivity contribution in [1.82, 2.24) is 0 Å². The molecule has 2 nitrogen and oxygen atoms in total. The standard InChI is InChI=1S/C12H13F4NO/c1-11(2,3)10(18)17-9-5-4-7(6-8(9)13)12(14,15)16/h4-6H,1-3H3,(H,17,18). The third-order valence-corrected chi connectivity index (χ3v) is 2.23. The first-order chi connectivity index (χ1) is 8.01. The first kappa shape index (κ1) is 14.5. The second-order valence-electron chi connectivity index (χ2n) is 4.90. The van der Waals surface area contributed by atoms with Crippen LogP contribution in [0.15, 0.2) is 18.2 Å². The Morgan fingerprint density at radius 2 is 1.72 bits per heavy atom. The highest BCUT2D eigenvalue weighted by molar-refractivity contribution is 5.94. The highest BCUT2D eigenvalue weighted by Gasteiger charge is 2.31. The molecule has 0 heterocycles. The zero-order chi connectivity index (χ0) is 14.1. The molecule has 0 saturated carbocycles. The molecule has 0 bridgehead atoms. The van der Waals surface area contributed by atoms with Crippen LogP contribution in [0, 0.1) is 11.2 Å². The zero-order valence-corrected chi connectivity index (χ0v) is 10.2. The van der Waals surface area contributed by atoms with Crippen molar-refractivity contribution in [2.24, 2.45) is 5.41 Å². The van der Waals surface area contributed by atoms with Crippen molar-refractivity contribution >= 4 is 11.6 Å². The molecule has 0 aliphatic heterocycles. The number of carbonyl (C=O) groups excluding carboxylic acids is 1. The maximum atomic E-state index is 13.4. The van der Waals surface area contributed by atoms with Crippen molar-refractivity contribution in [3.63, 3.8) is 0 Å². The third kappa shape index (κ3) is 3.45. The number of halogens is 4. The predicted octanol–water partition coefficient (Wildman–Crippen LogP) is 3.83. The molecule has 18 heavy (non-hydrogen) atoms. The molecule has 0 spiro atoms. The van der Waals surface area contributed by atoms with E-state index in [4.69, 9.17) is 0 Å². The van der Waals surface area contributed by atoms with Crippen LogP contribution < -0.4 is 5.32 Å². The molecule has 1 rings (SSSR count). The van der Waals surface area contributed by atoms with Crippen molar-refractivity contribution in [2.45, 2.75) is 26.9 Å². The van der Waals surface area contributed by atoms with Gasteiger partial charge in [-0.25, -0.2) is 4.39 Å². The molecule has 1 amide bonds. The van der Waals surface area contributed by atoms with Gasteiger partial charge >= 0.3 is 6.18 Å². The van der Waals surface area contributed by atoms with Gasteiger partial charge in [0, 0.05) is 5.41 Å². The summed E-state index contributed by atoms with van der Waals surface area (Å²) in [5.74, 6) is -1.58. The molecule has 0 aliphatic rings. The summed E-state index contributed by atoms with van der Waals surface area (Å²) >= 11 is 0. The van der Waals surface area contributed by atoms with E-state index >= 15 is 0 Å². The number of benzene rings is 1. The molecule has 100 valence electrons. The van der Waals surface area contributed by atoms with Crippen LogP contribution in [0.4, 0.5) is 23.2 Å². The Hall–Kier alpha value is -1.59. The van der Waals surface area contributed by atoms with Crippen molar-refractivity contribution in [3.05, 3.63) is 29.6 Å². The van der Waals surface area contributed by atoms with Crippen LogP contribution in [0.3, 0.4) is 0 Å². The average molecular weight is 263 g/mol. The van der Waals surface area contributed by atoms with Crippen LogP contribution in [0.1, 0.15) is 26.3 Å². The lowest BCUT2D eigenvalue weighted by atomic mass is 9.95. The highest BCUT2D eigenvalue weighted by Crippen LogP contribution is 2.31. The smallest absolute Gasteiger partial charge is 0.323 e. The topological polar surface area (TPSA) is 29.1 Å². The Morgan fingerprint density at radius 3 is 2.11 bits per heavy atom. The van der Waals surface area contributed by atoms with E-state index in [1.807, 2.05) is 0 Å². The molecule has 0 atom stereocenters. The molecule has 0 aromatic heterocycles. The minimum atomic E-state index is -4.60. The average Bonchev–Trinajstić information content (AvgIpc) is 2.17. The Bertz CT molecular complexity index is 460. The van der Waals surface area contributed by atoms with E-state index in [9.17, 15) is 22.4 Å². The fraction of sp³-hybridized carbons (Fsp3) is 0.417. The van der Waals surface area contributed by atoms with Gasteiger partial charge in [0.2, 0.25) is 5.91 Å². The van der Waals surface area contributed by atoms with Crippen LogP contribution in [0.2, 0.25) is 0 Å². The summed E-state index contributed by atoms with van der Waals surface area (Å²) in [6.07, 6.45) is -4.60. The minimum absolute atomic E-state index is 0.261. The summed E-state index contributed by atoms with van der Waals surface area (Å²) in [5, 5.41) is 2.25. The summed E-state index contributed by atoms with van der Waals surface area (Å²) in [7, 11) is 0. The number of carbonyl (C=O) groups is 1. The monoisotopic (exact) mass is 263 g/mol. The predicted molar refractivity (Wildman–Crippen MR) is 59.5 cm³/mol. The van der Waals surface area contributed by atoms with Gasteiger partial charge in [0.1, 0.15) is 5.82 Å². The lowest BCUT2D eigenvalue weighted by molar-refractivity contribution is -0.137. The van der Waals surface area contributed by atoms with E-state index in [2.05, 4.69) is 5.32 Å². The van der Waals surface area contributed by atoms with E-state index in [0.29, 0.717) is 6.07 Å². The van der Waals surface area contributed by atoms with Crippen LogP contribution in [-0.4, -0.2) is 5.91 Å². The van der Waals surface area contributed by atoms with Crippen LogP contribution in [0.25, 0.3) is 0 Å². The van der Waals surface area contributed by atoms with Gasteiger partial charge in [0.05, 0.1) is 11.3 Å². The number of nitrogens with one attached hydrogen (secondary N) is 1. The van der Waals surface area contributed by atoms with Crippen LogP contribution in [0.5, 0.6) is 0 Å². The van der Waals surface area contributed by atoms with Gasteiger partial charge in [-0.2, -0.15) is 13.2 Å². The summed E-state index contributed by atoms with van der Waals surface area (Å²) < 4.78 is 50.3. The molecule has 0 unspecified atom stereocenters. The summed E-state index contributed by atoms with van der Waals surface area (Å²) in [6, 6.07) is 1.99. The largest absolute Gasteiger partial charge is 0.416 e. The SMILES string of the molecule is CC(C)(C)C(=O)Nc1ccc(C(F)(F)F)cc1F. The van der Waals surface area contributed by atoms with Gasteiger partial charge < -0.3 is 5.32 Å². The molecule has 1 aromatic carbocycles. The lowest BCUT2D eigenvalue weighted by Crippen LogP contribution is -2.28. The van der Waals surface area contributed by atoms with Crippen molar-refractivity contribution in [2.75, 3.05) is 5.32 Å². The molecule has 0 radical (unpaired) electrons. The maximum absolute atomic E-state index is 13.4. The molecule has 0 fully saturated rings. The van der Waals surface area contributed by atoms with Crippen LogP contribution in [-0.2, 0) is 11.0 Å². The summed E-state index contributed by atoms with van der Waals surface area (Å²) in [6.45, 7) is 4.85. The molecular formula is C12H13F4NO. The van der Waals surface area contributed by atoms with Crippen molar-refractivity contribution in [3.8, 4) is 0 Å². The summed E-state index contributed by atoms with van der Waals surface area (Å²) in [5.41, 5.74) is -2.11. The van der Waals surface area contributed by atoms with E-state index in [1.54, 1.807) is 20.8 Å². The maximum Gasteiger partial charge on any atom is 0.416 e. The highest BCUT2D eigenvalue weighted by atomic mass is 19.4. The summed E-state index contributed by atoms with van der Waals surface area (Å²) in [4.78, 5) is 11.6. The Balaban J connectivity index is 2.98. The first-order valence-corrected chi connectivity index (χ1v) is 5.20. The lowest BCUT2D eigenvalue weighted by Gasteiger charge is -2.18. The molecular weight excluding hydrogens is 250 g/mol. The Morgan fingerprint density at radius 1 is 1.17 bits per heavy atom. The molecule has 6 heteroatoms. The number of hydrogen-bond donors (Lipinski definition) is 1. The van der Waals surface area contributed by atoms with Gasteiger partial charge in [-0.05, 0) is 18.2 Å². The Labute approximate surface area is 102 Å². The van der Waals surface area contributed by atoms with Crippen molar-refractivity contribution in [1.29, 1.82) is 0 Å². The van der Waals surface area contributed by atoms with Crippen LogP contribution >= 0.6 is 0 Å². The number of anilines is 1.